The molecule has 0 atom stereocenters. The normalized spacial score (nSPS) is 10.6. The lowest BCUT2D eigenvalue weighted by Crippen LogP contribution is -2.16. The molecule has 0 radical (unpaired) electrons. The summed E-state index contributed by atoms with van der Waals surface area (Å²) in [6.45, 7) is 10.1. The molecule has 33 heavy (non-hydrogen) atoms. The zero-order valence-electron chi connectivity index (χ0n) is 20.2. The van der Waals surface area contributed by atoms with Gasteiger partial charge in [-0.15, -0.1) is 0 Å². The highest BCUT2D eigenvalue weighted by Crippen LogP contribution is 2.33. The molecule has 0 amide bonds. The zero-order chi connectivity index (χ0) is 24.3. The number of hydrogen-bond acceptors (Lipinski definition) is 6. The van der Waals surface area contributed by atoms with Crippen molar-refractivity contribution in [2.24, 2.45) is 0 Å². The van der Waals surface area contributed by atoms with Crippen LogP contribution in [0.25, 0.3) is 11.1 Å². The molecule has 0 aliphatic heterocycles. The SMILES string of the molecule is COC(=O)c1c(C)nc(C)c(C(=O)OC)c1-c1ccc(OCc2cc(C)c(C)cc2C)cc1. The van der Waals surface area contributed by atoms with E-state index in [0.29, 0.717) is 34.9 Å². The Bertz CT molecular complexity index is 1170. The molecule has 1 heterocycles. The molecule has 0 aliphatic rings. The Hall–Kier alpha value is -3.67. The fraction of sp³-hybridized carbons (Fsp3) is 0.296. The number of carbonyl (C=O) groups is 2. The first kappa shape index (κ1) is 24.0. The Labute approximate surface area is 194 Å². The lowest BCUT2D eigenvalue weighted by molar-refractivity contribution is 0.0599. The lowest BCUT2D eigenvalue weighted by atomic mass is 9.92. The van der Waals surface area contributed by atoms with Crippen LogP contribution in [0.15, 0.2) is 36.4 Å². The standard InChI is InChI=1S/C27H29NO5/c1-15-12-17(3)21(13-16(15)2)14-33-22-10-8-20(9-11-22)25-23(26(29)31-6)18(4)28-19(5)24(25)27(30)32-7/h8-13H,14H2,1-7H3. The van der Waals surface area contributed by atoms with Crippen LogP contribution in [0.5, 0.6) is 5.75 Å². The third-order valence-electron chi connectivity index (χ3n) is 5.83. The first-order valence-electron chi connectivity index (χ1n) is 10.7. The number of methoxy groups -OCH3 is 2. The van der Waals surface area contributed by atoms with Gasteiger partial charge < -0.3 is 14.2 Å². The third-order valence-corrected chi connectivity index (χ3v) is 5.83. The van der Waals surface area contributed by atoms with Crippen molar-refractivity contribution in [2.45, 2.75) is 41.2 Å². The fourth-order valence-electron chi connectivity index (χ4n) is 3.90. The van der Waals surface area contributed by atoms with Crippen molar-refractivity contribution < 1.29 is 23.8 Å². The van der Waals surface area contributed by atoms with E-state index in [2.05, 4.69) is 37.9 Å². The molecular weight excluding hydrogens is 418 g/mol. The van der Waals surface area contributed by atoms with Gasteiger partial charge in [0.2, 0.25) is 0 Å². The molecule has 0 aliphatic carbocycles. The van der Waals surface area contributed by atoms with Gasteiger partial charge in [0, 0.05) is 5.56 Å². The van der Waals surface area contributed by atoms with Crippen molar-refractivity contribution in [1.82, 2.24) is 4.98 Å². The molecule has 6 heteroatoms. The molecular formula is C27H29NO5. The molecule has 3 aromatic rings. The number of hydrogen-bond donors (Lipinski definition) is 0. The maximum Gasteiger partial charge on any atom is 0.340 e. The van der Waals surface area contributed by atoms with E-state index in [4.69, 9.17) is 14.2 Å². The summed E-state index contributed by atoms with van der Waals surface area (Å²) in [5.74, 6) is -0.450. The highest BCUT2D eigenvalue weighted by Gasteiger charge is 2.27. The van der Waals surface area contributed by atoms with Gasteiger partial charge in [-0.2, -0.15) is 0 Å². The zero-order valence-corrected chi connectivity index (χ0v) is 20.2. The van der Waals surface area contributed by atoms with Crippen LogP contribution in [0.3, 0.4) is 0 Å². The Morgan fingerprint density at radius 3 is 1.79 bits per heavy atom. The second-order valence-corrected chi connectivity index (χ2v) is 8.07. The molecule has 0 bridgehead atoms. The first-order valence-corrected chi connectivity index (χ1v) is 10.7. The van der Waals surface area contributed by atoms with Crippen LogP contribution in [0.4, 0.5) is 0 Å². The van der Waals surface area contributed by atoms with Crippen molar-refractivity contribution >= 4 is 11.9 Å². The predicted octanol–water partition coefficient (Wildman–Crippen LogP) is 5.44. The minimum Gasteiger partial charge on any atom is -0.489 e. The summed E-state index contributed by atoms with van der Waals surface area (Å²) < 4.78 is 16.0. The molecule has 0 saturated carbocycles. The number of nitrogens with zero attached hydrogens (tertiary/aromatic N) is 1. The third kappa shape index (κ3) is 4.90. The van der Waals surface area contributed by atoms with E-state index in [-0.39, 0.29) is 11.1 Å². The summed E-state index contributed by atoms with van der Waals surface area (Å²) in [6.07, 6.45) is 0. The number of aromatic nitrogens is 1. The number of rotatable bonds is 6. The van der Waals surface area contributed by atoms with Crippen LogP contribution < -0.4 is 4.74 Å². The lowest BCUT2D eigenvalue weighted by Gasteiger charge is -2.17. The van der Waals surface area contributed by atoms with Crippen LogP contribution >= 0.6 is 0 Å². The summed E-state index contributed by atoms with van der Waals surface area (Å²) in [7, 11) is 2.60. The molecule has 3 rings (SSSR count). The average Bonchev–Trinajstić information content (AvgIpc) is 2.79. The van der Waals surface area contributed by atoms with E-state index in [9.17, 15) is 9.59 Å². The van der Waals surface area contributed by atoms with E-state index in [1.165, 1.54) is 30.9 Å². The van der Waals surface area contributed by atoms with Gasteiger partial charge in [-0.05, 0) is 74.6 Å². The smallest absolute Gasteiger partial charge is 0.340 e. The van der Waals surface area contributed by atoms with E-state index >= 15 is 0 Å². The van der Waals surface area contributed by atoms with Gasteiger partial charge in [-0.3, -0.25) is 4.98 Å². The Morgan fingerprint density at radius 1 is 0.758 bits per heavy atom. The maximum absolute atomic E-state index is 12.6. The summed E-state index contributed by atoms with van der Waals surface area (Å²) in [5, 5.41) is 0. The largest absolute Gasteiger partial charge is 0.489 e. The predicted molar refractivity (Wildman–Crippen MR) is 127 cm³/mol. The molecule has 6 nitrogen and oxygen atoms in total. The van der Waals surface area contributed by atoms with E-state index < -0.39 is 11.9 Å². The number of ether oxygens (including phenoxy) is 3. The molecule has 0 fully saturated rings. The number of benzene rings is 2. The van der Waals surface area contributed by atoms with E-state index in [1.807, 2.05) is 24.3 Å². The first-order chi connectivity index (χ1) is 15.7. The van der Waals surface area contributed by atoms with E-state index in [0.717, 1.165) is 5.56 Å². The Balaban J connectivity index is 2.00. The topological polar surface area (TPSA) is 74.7 Å². The van der Waals surface area contributed by atoms with Gasteiger partial charge in [0.1, 0.15) is 12.4 Å². The molecule has 0 saturated heterocycles. The van der Waals surface area contributed by atoms with Crippen LogP contribution in [0.2, 0.25) is 0 Å². The van der Waals surface area contributed by atoms with Gasteiger partial charge >= 0.3 is 11.9 Å². The molecule has 0 unspecified atom stereocenters. The molecule has 0 spiro atoms. The summed E-state index contributed by atoms with van der Waals surface area (Å²) >= 11 is 0. The maximum atomic E-state index is 12.6. The number of carbonyl (C=O) groups excluding carboxylic acids is 2. The van der Waals surface area contributed by atoms with Gasteiger partial charge in [0.05, 0.1) is 36.7 Å². The highest BCUT2D eigenvalue weighted by atomic mass is 16.5. The average molecular weight is 448 g/mol. The van der Waals surface area contributed by atoms with Crippen molar-refractivity contribution in [3.8, 4) is 16.9 Å². The summed E-state index contributed by atoms with van der Waals surface area (Å²) in [6, 6.07) is 11.6. The van der Waals surface area contributed by atoms with Crippen molar-refractivity contribution in [3.63, 3.8) is 0 Å². The van der Waals surface area contributed by atoms with E-state index in [1.54, 1.807) is 13.8 Å². The highest BCUT2D eigenvalue weighted by molar-refractivity contribution is 6.07. The molecule has 1 aromatic heterocycles. The second kappa shape index (κ2) is 9.86. The van der Waals surface area contributed by atoms with Gasteiger partial charge in [-0.1, -0.05) is 24.3 Å². The minimum absolute atomic E-state index is 0.239. The summed E-state index contributed by atoms with van der Waals surface area (Å²) in [4.78, 5) is 29.5. The minimum atomic E-state index is -0.564. The number of pyridine rings is 1. The molecule has 2 aromatic carbocycles. The molecule has 0 N–H and O–H groups in total. The fourth-order valence-corrected chi connectivity index (χ4v) is 3.90. The number of aryl methyl sites for hydroxylation is 5. The van der Waals surface area contributed by atoms with Gasteiger partial charge in [0.25, 0.3) is 0 Å². The van der Waals surface area contributed by atoms with Crippen LogP contribution in [-0.2, 0) is 16.1 Å². The van der Waals surface area contributed by atoms with Crippen molar-refractivity contribution in [1.29, 1.82) is 0 Å². The monoisotopic (exact) mass is 447 g/mol. The van der Waals surface area contributed by atoms with Crippen molar-refractivity contribution in [3.05, 3.63) is 81.2 Å². The summed E-state index contributed by atoms with van der Waals surface area (Å²) in [5.41, 5.74) is 7.33. The quantitative estimate of drug-likeness (QED) is 0.468. The van der Waals surface area contributed by atoms with Gasteiger partial charge in [0.15, 0.2) is 0 Å². The number of esters is 2. The van der Waals surface area contributed by atoms with Crippen LogP contribution in [0, 0.1) is 34.6 Å². The molecule has 172 valence electrons. The second-order valence-electron chi connectivity index (χ2n) is 8.07. The van der Waals surface area contributed by atoms with Gasteiger partial charge in [-0.25, -0.2) is 9.59 Å². The Morgan fingerprint density at radius 2 is 1.27 bits per heavy atom. The van der Waals surface area contributed by atoms with Crippen LogP contribution in [0.1, 0.15) is 54.4 Å². The Kier molecular flexibility index (Phi) is 7.16. The van der Waals surface area contributed by atoms with Crippen molar-refractivity contribution in [2.75, 3.05) is 14.2 Å². The van der Waals surface area contributed by atoms with Crippen LogP contribution in [-0.4, -0.2) is 31.1 Å².